The number of hydrogen-bond acceptors (Lipinski definition) is 5. The zero-order valence-electron chi connectivity index (χ0n) is 14.5. The topological polar surface area (TPSA) is 43.8 Å². The lowest BCUT2D eigenvalue weighted by Crippen LogP contribution is -2.47. The van der Waals surface area contributed by atoms with Crippen molar-refractivity contribution in [3.63, 3.8) is 0 Å². The monoisotopic (exact) mass is 328 g/mol. The smallest absolute Gasteiger partial charge is 0.183 e. The number of nitrogens with zero attached hydrogens (tertiary/aromatic N) is 2. The summed E-state index contributed by atoms with van der Waals surface area (Å²) < 4.78 is 17.0. The molecule has 5 heteroatoms. The molecule has 5 nitrogen and oxygen atoms in total. The molecule has 1 unspecified atom stereocenters. The lowest BCUT2D eigenvalue weighted by molar-refractivity contribution is -0.105. The highest BCUT2D eigenvalue weighted by molar-refractivity contribution is 5.42. The first-order valence-electron chi connectivity index (χ1n) is 8.14. The van der Waals surface area contributed by atoms with E-state index in [-0.39, 0.29) is 5.60 Å². The van der Waals surface area contributed by atoms with E-state index in [4.69, 9.17) is 14.2 Å². The summed E-state index contributed by atoms with van der Waals surface area (Å²) in [7, 11) is 3.29. The SMILES string of the molecule is COc1ccnc(CN2CCOC(C)(c3ccccc3)C2)c1OC. The maximum Gasteiger partial charge on any atom is 0.183 e. The van der Waals surface area contributed by atoms with Gasteiger partial charge in [0, 0.05) is 31.9 Å². The molecule has 128 valence electrons. The van der Waals surface area contributed by atoms with E-state index in [1.165, 1.54) is 5.56 Å². The normalized spacial score (nSPS) is 21.5. The summed E-state index contributed by atoms with van der Waals surface area (Å²) >= 11 is 0. The first-order valence-corrected chi connectivity index (χ1v) is 8.14. The van der Waals surface area contributed by atoms with Gasteiger partial charge < -0.3 is 14.2 Å². The quantitative estimate of drug-likeness (QED) is 0.844. The Kier molecular flexibility index (Phi) is 5.02. The molecule has 1 atom stereocenters. The Labute approximate surface area is 143 Å². The molecule has 0 radical (unpaired) electrons. The van der Waals surface area contributed by atoms with Gasteiger partial charge >= 0.3 is 0 Å². The van der Waals surface area contributed by atoms with Crippen LogP contribution in [0.15, 0.2) is 42.6 Å². The average molecular weight is 328 g/mol. The fourth-order valence-electron chi connectivity index (χ4n) is 3.23. The standard InChI is InChI=1S/C19H24N2O3/c1-19(15-7-5-4-6-8-15)14-21(11-12-24-19)13-16-18(23-3)17(22-2)9-10-20-16/h4-10H,11-14H2,1-3H3. The van der Waals surface area contributed by atoms with Gasteiger partial charge in [-0.3, -0.25) is 9.88 Å². The maximum atomic E-state index is 6.10. The van der Waals surface area contributed by atoms with Crippen LogP contribution >= 0.6 is 0 Å². The summed E-state index contributed by atoms with van der Waals surface area (Å²) in [4.78, 5) is 6.83. The van der Waals surface area contributed by atoms with Crippen molar-refractivity contribution in [1.82, 2.24) is 9.88 Å². The van der Waals surface area contributed by atoms with Crippen molar-refractivity contribution in [2.24, 2.45) is 0 Å². The minimum absolute atomic E-state index is 0.314. The fourth-order valence-corrected chi connectivity index (χ4v) is 3.23. The average Bonchev–Trinajstić information content (AvgIpc) is 2.62. The Balaban J connectivity index is 1.79. The molecule has 0 aliphatic carbocycles. The second-order valence-electron chi connectivity index (χ2n) is 6.15. The van der Waals surface area contributed by atoms with Gasteiger partial charge in [0.2, 0.25) is 0 Å². The van der Waals surface area contributed by atoms with Gasteiger partial charge in [0.1, 0.15) is 11.3 Å². The third-order valence-electron chi connectivity index (χ3n) is 4.48. The van der Waals surface area contributed by atoms with Crippen molar-refractivity contribution in [2.75, 3.05) is 33.9 Å². The van der Waals surface area contributed by atoms with Gasteiger partial charge in [0.15, 0.2) is 11.5 Å². The van der Waals surface area contributed by atoms with Crippen LogP contribution < -0.4 is 9.47 Å². The van der Waals surface area contributed by atoms with Crippen LogP contribution in [0, 0.1) is 0 Å². The molecule has 24 heavy (non-hydrogen) atoms. The van der Waals surface area contributed by atoms with Crippen LogP contribution in [-0.2, 0) is 16.9 Å². The molecule has 0 spiro atoms. The zero-order chi connectivity index (χ0) is 17.0. The highest BCUT2D eigenvalue weighted by atomic mass is 16.5. The van der Waals surface area contributed by atoms with E-state index in [1.807, 2.05) is 12.1 Å². The molecule has 0 amide bonds. The van der Waals surface area contributed by atoms with E-state index in [2.05, 4.69) is 41.1 Å². The first kappa shape index (κ1) is 16.7. The van der Waals surface area contributed by atoms with Crippen molar-refractivity contribution >= 4 is 0 Å². The second-order valence-corrected chi connectivity index (χ2v) is 6.15. The number of methoxy groups -OCH3 is 2. The Morgan fingerprint density at radius 3 is 2.67 bits per heavy atom. The van der Waals surface area contributed by atoms with Gasteiger partial charge in [-0.1, -0.05) is 30.3 Å². The Morgan fingerprint density at radius 1 is 1.17 bits per heavy atom. The summed E-state index contributed by atoms with van der Waals surface area (Å²) in [5, 5.41) is 0. The number of rotatable bonds is 5. The van der Waals surface area contributed by atoms with Gasteiger partial charge in [-0.25, -0.2) is 0 Å². The van der Waals surface area contributed by atoms with Crippen molar-refractivity contribution in [1.29, 1.82) is 0 Å². The predicted octanol–water partition coefficient (Wildman–Crippen LogP) is 2.85. The molecule has 3 rings (SSSR count). The number of pyridine rings is 1. The van der Waals surface area contributed by atoms with Crippen molar-refractivity contribution < 1.29 is 14.2 Å². The van der Waals surface area contributed by atoms with E-state index in [0.29, 0.717) is 24.7 Å². The zero-order valence-corrected chi connectivity index (χ0v) is 14.5. The predicted molar refractivity (Wildman–Crippen MR) is 92.4 cm³/mol. The molecule has 1 fully saturated rings. The largest absolute Gasteiger partial charge is 0.493 e. The second kappa shape index (κ2) is 7.20. The molecule has 1 saturated heterocycles. The molecule has 1 aliphatic rings. The van der Waals surface area contributed by atoms with E-state index >= 15 is 0 Å². The van der Waals surface area contributed by atoms with Crippen LogP contribution in [0.25, 0.3) is 0 Å². The van der Waals surface area contributed by atoms with Crippen LogP contribution in [0.2, 0.25) is 0 Å². The van der Waals surface area contributed by atoms with Crippen molar-refractivity contribution in [3.8, 4) is 11.5 Å². The molecular formula is C19H24N2O3. The van der Waals surface area contributed by atoms with Gasteiger partial charge in [-0.15, -0.1) is 0 Å². The molecule has 1 aromatic carbocycles. The fraction of sp³-hybridized carbons (Fsp3) is 0.421. The van der Waals surface area contributed by atoms with E-state index in [9.17, 15) is 0 Å². The molecule has 0 bridgehead atoms. The first-order chi connectivity index (χ1) is 11.7. The number of ether oxygens (including phenoxy) is 3. The summed E-state index contributed by atoms with van der Waals surface area (Å²) in [6.45, 7) is 5.21. The van der Waals surface area contributed by atoms with Gasteiger partial charge in [-0.05, 0) is 12.5 Å². The molecule has 1 aliphatic heterocycles. The van der Waals surface area contributed by atoms with E-state index in [0.717, 1.165) is 18.8 Å². The van der Waals surface area contributed by atoms with Crippen LogP contribution in [0.5, 0.6) is 11.5 Å². The van der Waals surface area contributed by atoms with Crippen LogP contribution in [0.1, 0.15) is 18.2 Å². The Bertz CT molecular complexity index is 678. The van der Waals surface area contributed by atoms with Crippen molar-refractivity contribution in [2.45, 2.75) is 19.1 Å². The molecule has 2 aromatic rings. The summed E-state index contributed by atoms with van der Waals surface area (Å²) in [6.07, 6.45) is 1.76. The lowest BCUT2D eigenvalue weighted by Gasteiger charge is -2.40. The Morgan fingerprint density at radius 2 is 1.96 bits per heavy atom. The third-order valence-corrected chi connectivity index (χ3v) is 4.48. The summed E-state index contributed by atoms with van der Waals surface area (Å²) in [5.74, 6) is 1.41. The van der Waals surface area contributed by atoms with E-state index in [1.54, 1.807) is 20.4 Å². The Hall–Kier alpha value is -2.11. The number of hydrogen-bond donors (Lipinski definition) is 0. The summed E-state index contributed by atoms with van der Waals surface area (Å²) in [5.41, 5.74) is 1.76. The minimum Gasteiger partial charge on any atom is -0.493 e. The van der Waals surface area contributed by atoms with Gasteiger partial charge in [0.25, 0.3) is 0 Å². The molecule has 0 N–H and O–H groups in total. The molecular weight excluding hydrogens is 304 g/mol. The van der Waals surface area contributed by atoms with Crippen LogP contribution in [0.3, 0.4) is 0 Å². The van der Waals surface area contributed by atoms with Gasteiger partial charge in [0.05, 0.1) is 20.8 Å². The van der Waals surface area contributed by atoms with Crippen molar-refractivity contribution in [3.05, 3.63) is 53.9 Å². The minimum atomic E-state index is -0.314. The number of benzene rings is 1. The van der Waals surface area contributed by atoms with Gasteiger partial charge in [-0.2, -0.15) is 0 Å². The highest BCUT2D eigenvalue weighted by Crippen LogP contribution is 2.33. The lowest BCUT2D eigenvalue weighted by atomic mass is 9.94. The van der Waals surface area contributed by atoms with Crippen LogP contribution in [0.4, 0.5) is 0 Å². The number of morpholine rings is 1. The molecule has 2 heterocycles. The highest BCUT2D eigenvalue weighted by Gasteiger charge is 2.34. The molecule has 0 saturated carbocycles. The summed E-state index contributed by atoms with van der Waals surface area (Å²) in [6, 6.07) is 12.2. The van der Waals surface area contributed by atoms with Crippen LogP contribution in [-0.4, -0.2) is 43.8 Å². The number of aromatic nitrogens is 1. The maximum absolute atomic E-state index is 6.10. The third kappa shape index (κ3) is 3.37. The molecule has 1 aromatic heterocycles. The van der Waals surface area contributed by atoms with E-state index < -0.39 is 0 Å².